The Bertz CT molecular complexity index is 713. The molecular formula is C28H48O6. The molecule has 0 bridgehead atoms. The van der Waals surface area contributed by atoms with Gasteiger partial charge in [-0.1, -0.05) is 41.5 Å². The zero-order valence-electron chi connectivity index (χ0n) is 21.9. The lowest BCUT2D eigenvalue weighted by molar-refractivity contribution is -0.122. The van der Waals surface area contributed by atoms with Crippen molar-refractivity contribution in [2.45, 2.75) is 105 Å². The zero-order chi connectivity index (χ0) is 26.0. The minimum absolute atomic E-state index is 0.0886. The van der Waals surface area contributed by atoms with Crippen LogP contribution >= 0.6 is 0 Å². The van der Waals surface area contributed by atoms with E-state index in [-0.39, 0.29) is 29.8 Å². The highest BCUT2D eigenvalue weighted by Crippen LogP contribution is 2.35. The maximum Gasteiger partial charge on any atom is 0.135 e. The number of carbonyl (C=O) groups is 1. The molecule has 7 unspecified atom stereocenters. The average Bonchev–Trinajstić information content (AvgIpc) is 2.73. The first-order chi connectivity index (χ1) is 15.8. The number of Topliss-reactive ketones (excluding diaryl/α,β-unsaturated/α-hetero) is 1. The highest BCUT2D eigenvalue weighted by molar-refractivity contribution is 5.80. The van der Waals surface area contributed by atoms with E-state index < -0.39 is 24.2 Å². The first-order valence-corrected chi connectivity index (χ1v) is 12.9. The van der Waals surface area contributed by atoms with Crippen LogP contribution in [0.25, 0.3) is 0 Å². The van der Waals surface area contributed by atoms with E-state index in [0.29, 0.717) is 42.4 Å². The normalized spacial score (nSPS) is 18.2. The number of hydrogen-bond acceptors (Lipinski definition) is 6. The molecule has 0 saturated heterocycles. The van der Waals surface area contributed by atoms with Crippen LogP contribution in [0.2, 0.25) is 0 Å². The molecule has 1 rings (SSSR count). The Morgan fingerprint density at radius 3 is 1.91 bits per heavy atom. The van der Waals surface area contributed by atoms with Gasteiger partial charge >= 0.3 is 0 Å². The number of aliphatic hydroxyl groups excluding tert-OH is 3. The zero-order valence-corrected chi connectivity index (χ0v) is 21.9. The summed E-state index contributed by atoms with van der Waals surface area (Å²) in [6, 6.07) is 3.97. The Morgan fingerprint density at radius 1 is 0.794 bits per heavy atom. The lowest BCUT2D eigenvalue weighted by Gasteiger charge is -2.31. The van der Waals surface area contributed by atoms with Gasteiger partial charge in [0.25, 0.3) is 0 Å². The molecule has 196 valence electrons. The summed E-state index contributed by atoms with van der Waals surface area (Å²) in [4.78, 5) is 11.8. The average molecular weight is 481 g/mol. The Hall–Kier alpha value is -1.63. The van der Waals surface area contributed by atoms with Crippen molar-refractivity contribution in [3.8, 4) is 11.5 Å². The van der Waals surface area contributed by atoms with Crippen molar-refractivity contribution in [3.05, 3.63) is 23.8 Å². The minimum atomic E-state index is -1.07. The number of aliphatic hydroxyl groups is 3. The first kappa shape index (κ1) is 30.4. The lowest BCUT2D eigenvalue weighted by Crippen LogP contribution is -2.31. The van der Waals surface area contributed by atoms with E-state index in [0.717, 1.165) is 19.3 Å². The van der Waals surface area contributed by atoms with Crippen LogP contribution in [0.5, 0.6) is 11.5 Å². The molecule has 7 atom stereocenters. The van der Waals surface area contributed by atoms with E-state index >= 15 is 0 Å². The van der Waals surface area contributed by atoms with Crippen LogP contribution in [0, 0.1) is 29.6 Å². The molecule has 0 heterocycles. The SMILES string of the molecule is CCC(=O)C(C)CC(C)CC(C)CCC(O)CC(O)C(CC(C)C)C(O)c1cc(O)cc(O)c1. The van der Waals surface area contributed by atoms with Crippen molar-refractivity contribution in [1.82, 2.24) is 0 Å². The number of phenols is 2. The summed E-state index contributed by atoms with van der Waals surface area (Å²) in [7, 11) is 0. The Labute approximate surface area is 206 Å². The third-order valence-corrected chi connectivity index (χ3v) is 6.87. The molecule has 0 amide bonds. The van der Waals surface area contributed by atoms with Crippen molar-refractivity contribution in [1.29, 1.82) is 0 Å². The molecule has 0 saturated carbocycles. The van der Waals surface area contributed by atoms with Crippen LogP contribution in [0.3, 0.4) is 0 Å². The minimum Gasteiger partial charge on any atom is -0.508 e. The molecule has 5 N–H and O–H groups in total. The van der Waals surface area contributed by atoms with Crippen LogP contribution in [-0.4, -0.2) is 43.5 Å². The van der Waals surface area contributed by atoms with Crippen molar-refractivity contribution in [2.75, 3.05) is 0 Å². The molecule has 0 aliphatic rings. The van der Waals surface area contributed by atoms with Crippen LogP contribution in [-0.2, 0) is 4.79 Å². The molecule has 6 heteroatoms. The van der Waals surface area contributed by atoms with Gasteiger partial charge in [0.2, 0.25) is 0 Å². The summed E-state index contributed by atoms with van der Waals surface area (Å²) >= 11 is 0. The number of ketones is 1. The molecule has 0 aliphatic carbocycles. The van der Waals surface area contributed by atoms with E-state index in [9.17, 15) is 30.3 Å². The van der Waals surface area contributed by atoms with E-state index in [1.807, 2.05) is 27.7 Å². The highest BCUT2D eigenvalue weighted by atomic mass is 16.3. The maximum absolute atomic E-state index is 11.8. The van der Waals surface area contributed by atoms with Gasteiger partial charge < -0.3 is 25.5 Å². The first-order valence-electron chi connectivity index (χ1n) is 12.9. The molecule has 0 spiro atoms. The van der Waals surface area contributed by atoms with Gasteiger partial charge in [-0.2, -0.15) is 0 Å². The summed E-state index contributed by atoms with van der Waals surface area (Å²) < 4.78 is 0. The monoisotopic (exact) mass is 480 g/mol. The Balaban J connectivity index is 2.64. The van der Waals surface area contributed by atoms with Gasteiger partial charge in [-0.3, -0.25) is 4.79 Å². The van der Waals surface area contributed by atoms with Crippen LogP contribution in [0.1, 0.15) is 98.2 Å². The second-order valence-corrected chi connectivity index (χ2v) is 11.0. The molecule has 0 aromatic heterocycles. The Kier molecular flexibility index (Phi) is 13.1. The van der Waals surface area contributed by atoms with Gasteiger partial charge in [-0.25, -0.2) is 0 Å². The number of carbonyl (C=O) groups excluding carboxylic acids is 1. The number of aromatic hydroxyl groups is 2. The number of benzene rings is 1. The third-order valence-electron chi connectivity index (χ3n) is 6.87. The lowest BCUT2D eigenvalue weighted by atomic mass is 9.81. The fraction of sp³-hybridized carbons (Fsp3) is 0.750. The molecule has 34 heavy (non-hydrogen) atoms. The maximum atomic E-state index is 11.8. The second-order valence-electron chi connectivity index (χ2n) is 11.0. The van der Waals surface area contributed by atoms with Crippen molar-refractivity contribution >= 4 is 5.78 Å². The molecule has 1 aromatic carbocycles. The van der Waals surface area contributed by atoms with Gasteiger partial charge in [0.05, 0.1) is 18.3 Å². The van der Waals surface area contributed by atoms with Crippen LogP contribution < -0.4 is 0 Å². The van der Waals surface area contributed by atoms with E-state index in [1.165, 1.54) is 18.2 Å². The standard InChI is InChI=1S/C28H48O6/c1-7-26(32)20(6)12-19(5)11-18(4)8-9-22(29)16-27(33)25(10-17(2)3)28(34)21-13-23(30)15-24(31)14-21/h13-15,17-20,22,25,27-31,33-34H,7-12,16H2,1-6H3. The molecule has 0 fully saturated rings. The summed E-state index contributed by atoms with van der Waals surface area (Å²) in [5.41, 5.74) is 0.343. The van der Waals surface area contributed by atoms with Gasteiger partial charge in [-0.15, -0.1) is 0 Å². The Morgan fingerprint density at radius 2 is 1.38 bits per heavy atom. The number of rotatable bonds is 16. The van der Waals surface area contributed by atoms with Crippen molar-refractivity contribution < 1.29 is 30.3 Å². The van der Waals surface area contributed by atoms with Gasteiger partial charge in [0, 0.05) is 24.3 Å². The van der Waals surface area contributed by atoms with E-state index in [4.69, 9.17) is 0 Å². The predicted molar refractivity (Wildman–Crippen MR) is 136 cm³/mol. The van der Waals surface area contributed by atoms with Gasteiger partial charge in [0.1, 0.15) is 17.3 Å². The molecule has 1 aromatic rings. The fourth-order valence-electron chi connectivity index (χ4n) is 5.11. The molecule has 0 aliphatic heterocycles. The van der Waals surface area contributed by atoms with Crippen LogP contribution in [0.4, 0.5) is 0 Å². The predicted octanol–water partition coefficient (Wildman–Crippen LogP) is 5.35. The van der Waals surface area contributed by atoms with E-state index in [1.54, 1.807) is 0 Å². The third kappa shape index (κ3) is 10.7. The van der Waals surface area contributed by atoms with Crippen molar-refractivity contribution in [3.63, 3.8) is 0 Å². The topological polar surface area (TPSA) is 118 Å². The molecule has 6 nitrogen and oxygen atoms in total. The van der Waals surface area contributed by atoms with E-state index in [2.05, 4.69) is 13.8 Å². The number of phenolic OH excluding ortho intramolecular Hbond substituents is 2. The highest BCUT2D eigenvalue weighted by Gasteiger charge is 2.31. The number of hydrogen-bond donors (Lipinski definition) is 5. The van der Waals surface area contributed by atoms with Gasteiger partial charge in [0.15, 0.2) is 0 Å². The summed E-state index contributed by atoms with van der Waals surface area (Å²) in [5.74, 6) is 0.609. The summed E-state index contributed by atoms with van der Waals surface area (Å²) in [6.45, 7) is 12.2. The molecular weight excluding hydrogens is 432 g/mol. The quantitative estimate of drug-likeness (QED) is 0.218. The fourth-order valence-corrected chi connectivity index (χ4v) is 5.11. The molecule has 0 radical (unpaired) electrons. The van der Waals surface area contributed by atoms with Crippen LogP contribution in [0.15, 0.2) is 18.2 Å². The largest absolute Gasteiger partial charge is 0.508 e. The smallest absolute Gasteiger partial charge is 0.135 e. The van der Waals surface area contributed by atoms with Crippen molar-refractivity contribution in [2.24, 2.45) is 29.6 Å². The van der Waals surface area contributed by atoms with Gasteiger partial charge in [-0.05, 0) is 74.0 Å². The summed E-state index contributed by atoms with van der Waals surface area (Å²) in [5, 5.41) is 52.0. The second kappa shape index (κ2) is 14.7. The summed E-state index contributed by atoms with van der Waals surface area (Å²) in [6.07, 6.45) is 1.85.